The van der Waals surface area contributed by atoms with Gasteiger partial charge in [0.2, 0.25) is 0 Å². The Kier molecular flexibility index (Phi) is 3.38. The molecule has 0 aromatic carbocycles. The van der Waals surface area contributed by atoms with E-state index in [1.807, 2.05) is 0 Å². The lowest BCUT2D eigenvalue weighted by atomic mass is 10.2. The van der Waals surface area contributed by atoms with Crippen LogP contribution in [-0.2, 0) is 0 Å². The number of hydrazone groups is 1. The molecule has 1 rings (SSSR count). The molecule has 70 valence electrons. The maximum Gasteiger partial charge on any atom is 0.126 e. The van der Waals surface area contributed by atoms with E-state index in [1.54, 1.807) is 0 Å². The van der Waals surface area contributed by atoms with E-state index < -0.39 is 0 Å². The van der Waals surface area contributed by atoms with E-state index in [-0.39, 0.29) is 0 Å². The van der Waals surface area contributed by atoms with Crippen LogP contribution >= 0.6 is 0 Å². The summed E-state index contributed by atoms with van der Waals surface area (Å²) < 4.78 is 0. The van der Waals surface area contributed by atoms with E-state index in [2.05, 4.69) is 36.2 Å². The van der Waals surface area contributed by atoms with E-state index in [1.165, 1.54) is 12.3 Å². The predicted octanol–water partition coefficient (Wildman–Crippen LogP) is 1.62. The third-order valence-corrected chi connectivity index (χ3v) is 1.89. The normalized spacial score (nSPS) is 16.7. The molecule has 1 N–H and O–H groups in total. The van der Waals surface area contributed by atoms with Crippen molar-refractivity contribution < 1.29 is 0 Å². The highest BCUT2D eigenvalue weighted by Gasteiger charge is 2.15. The Balaban J connectivity index is 2.39. The van der Waals surface area contributed by atoms with Gasteiger partial charge in [-0.1, -0.05) is 20.8 Å². The zero-order chi connectivity index (χ0) is 8.97. The molecule has 3 nitrogen and oxygen atoms in total. The van der Waals surface area contributed by atoms with Gasteiger partial charge in [0, 0.05) is 13.0 Å². The lowest BCUT2D eigenvalue weighted by molar-refractivity contribution is 0.367. The van der Waals surface area contributed by atoms with E-state index in [4.69, 9.17) is 0 Å². The van der Waals surface area contributed by atoms with Crippen LogP contribution in [0.4, 0.5) is 0 Å². The third-order valence-electron chi connectivity index (χ3n) is 1.89. The fourth-order valence-corrected chi connectivity index (χ4v) is 1.42. The van der Waals surface area contributed by atoms with Gasteiger partial charge in [0.05, 0.1) is 0 Å². The monoisotopic (exact) mass is 169 g/mol. The zero-order valence-electron chi connectivity index (χ0n) is 8.30. The summed E-state index contributed by atoms with van der Waals surface area (Å²) in [5.74, 6) is 1.94. The molecule has 0 saturated carbocycles. The maximum absolute atomic E-state index is 4.25. The first-order chi connectivity index (χ1) is 5.74. The molecular formula is C9H19N3. The minimum Gasteiger partial charge on any atom is -0.339 e. The highest BCUT2D eigenvalue weighted by atomic mass is 15.5. The van der Waals surface area contributed by atoms with Crippen molar-refractivity contribution in [2.24, 2.45) is 11.0 Å². The maximum atomic E-state index is 4.25. The molecule has 1 heterocycles. The largest absolute Gasteiger partial charge is 0.339 e. The van der Waals surface area contributed by atoms with Gasteiger partial charge < -0.3 is 4.90 Å². The first-order valence-electron chi connectivity index (χ1n) is 4.78. The van der Waals surface area contributed by atoms with Crippen molar-refractivity contribution in [2.75, 3.05) is 13.2 Å². The van der Waals surface area contributed by atoms with Crippen molar-refractivity contribution in [1.29, 1.82) is 0 Å². The molecule has 3 heteroatoms. The summed E-state index contributed by atoms with van der Waals surface area (Å²) >= 11 is 0. The molecule has 0 bridgehead atoms. The molecule has 0 saturated heterocycles. The molecule has 0 aliphatic carbocycles. The first-order valence-corrected chi connectivity index (χ1v) is 4.78. The molecule has 0 atom stereocenters. The highest BCUT2D eigenvalue weighted by Crippen LogP contribution is 2.06. The highest BCUT2D eigenvalue weighted by molar-refractivity contribution is 5.83. The Hall–Kier alpha value is -0.730. The molecule has 0 aromatic rings. The lowest BCUT2D eigenvalue weighted by Gasteiger charge is -2.20. The molecule has 0 amide bonds. The summed E-state index contributed by atoms with van der Waals surface area (Å²) in [6, 6.07) is 0. The number of rotatable bonds is 4. The molecule has 0 spiro atoms. The quantitative estimate of drug-likeness (QED) is 0.692. The van der Waals surface area contributed by atoms with Crippen LogP contribution in [-0.4, -0.2) is 23.9 Å². The Morgan fingerprint density at radius 3 is 2.92 bits per heavy atom. The third kappa shape index (κ3) is 2.40. The van der Waals surface area contributed by atoms with E-state index in [9.17, 15) is 0 Å². The number of amidine groups is 1. The summed E-state index contributed by atoms with van der Waals surface area (Å²) in [7, 11) is 0. The van der Waals surface area contributed by atoms with Crippen LogP contribution in [0.3, 0.4) is 0 Å². The smallest absolute Gasteiger partial charge is 0.126 e. The molecule has 12 heavy (non-hydrogen) atoms. The second-order valence-electron chi connectivity index (χ2n) is 3.71. The van der Waals surface area contributed by atoms with Crippen LogP contribution in [0.2, 0.25) is 0 Å². The van der Waals surface area contributed by atoms with Crippen molar-refractivity contribution in [2.45, 2.75) is 33.6 Å². The Morgan fingerprint density at radius 2 is 2.33 bits per heavy atom. The average Bonchev–Trinajstić information content (AvgIpc) is 2.37. The van der Waals surface area contributed by atoms with Crippen LogP contribution in [0.1, 0.15) is 33.6 Å². The predicted molar refractivity (Wildman–Crippen MR) is 51.9 cm³/mol. The Morgan fingerprint density at radius 1 is 1.58 bits per heavy atom. The zero-order valence-corrected chi connectivity index (χ0v) is 8.30. The van der Waals surface area contributed by atoms with Gasteiger partial charge in [-0.2, -0.15) is 5.10 Å². The summed E-state index contributed by atoms with van der Waals surface area (Å²) in [4.78, 5) is 2.33. The number of hydrogen-bond acceptors (Lipinski definition) is 3. The SMILES string of the molecule is CCCC1=NNCN1CC(C)C. The van der Waals surface area contributed by atoms with Crippen molar-refractivity contribution >= 4 is 5.84 Å². The van der Waals surface area contributed by atoms with Gasteiger partial charge in [0.1, 0.15) is 12.5 Å². The minimum absolute atomic E-state index is 0.715. The lowest BCUT2D eigenvalue weighted by Crippen LogP contribution is -2.32. The van der Waals surface area contributed by atoms with Crippen LogP contribution < -0.4 is 5.43 Å². The molecule has 0 radical (unpaired) electrons. The van der Waals surface area contributed by atoms with Crippen LogP contribution in [0.5, 0.6) is 0 Å². The number of nitrogens with one attached hydrogen (secondary N) is 1. The second kappa shape index (κ2) is 4.33. The van der Waals surface area contributed by atoms with E-state index >= 15 is 0 Å². The first kappa shape index (κ1) is 9.36. The van der Waals surface area contributed by atoms with Gasteiger partial charge in [-0.05, 0) is 12.3 Å². The van der Waals surface area contributed by atoms with Crippen molar-refractivity contribution in [3.63, 3.8) is 0 Å². The topological polar surface area (TPSA) is 27.6 Å². The van der Waals surface area contributed by atoms with Crippen molar-refractivity contribution in [3.8, 4) is 0 Å². The van der Waals surface area contributed by atoms with Crippen molar-refractivity contribution in [3.05, 3.63) is 0 Å². The van der Waals surface area contributed by atoms with Crippen molar-refractivity contribution in [1.82, 2.24) is 10.3 Å². The molecule has 0 fully saturated rings. The molecule has 0 aromatic heterocycles. The molecule has 1 aliphatic rings. The summed E-state index contributed by atoms with van der Waals surface area (Å²) in [5.41, 5.74) is 3.03. The molecular weight excluding hydrogens is 150 g/mol. The number of nitrogens with zero attached hydrogens (tertiary/aromatic N) is 2. The Labute approximate surface area is 74.8 Å². The van der Waals surface area contributed by atoms with Gasteiger partial charge in [-0.25, -0.2) is 0 Å². The minimum atomic E-state index is 0.715. The van der Waals surface area contributed by atoms with Gasteiger partial charge in [-0.3, -0.25) is 5.43 Å². The molecule has 1 aliphatic heterocycles. The van der Waals surface area contributed by atoms with E-state index in [0.717, 1.165) is 19.6 Å². The summed E-state index contributed by atoms with van der Waals surface area (Å²) in [5, 5.41) is 4.25. The Bertz CT molecular complexity index is 163. The van der Waals surface area contributed by atoms with Crippen LogP contribution in [0.15, 0.2) is 5.10 Å². The van der Waals surface area contributed by atoms with Gasteiger partial charge in [-0.15, -0.1) is 0 Å². The standard InChI is InChI=1S/C9H19N3/c1-4-5-9-11-10-7-12(9)6-8(2)3/h8,10H,4-7H2,1-3H3. The average molecular weight is 169 g/mol. The van der Waals surface area contributed by atoms with Gasteiger partial charge >= 0.3 is 0 Å². The fourth-order valence-electron chi connectivity index (χ4n) is 1.42. The number of hydrogen-bond donors (Lipinski definition) is 1. The van der Waals surface area contributed by atoms with Crippen LogP contribution in [0, 0.1) is 5.92 Å². The fraction of sp³-hybridized carbons (Fsp3) is 0.889. The van der Waals surface area contributed by atoms with Gasteiger partial charge in [0.25, 0.3) is 0 Å². The van der Waals surface area contributed by atoms with E-state index in [0.29, 0.717) is 5.92 Å². The second-order valence-corrected chi connectivity index (χ2v) is 3.71. The molecule has 0 unspecified atom stereocenters. The summed E-state index contributed by atoms with van der Waals surface area (Å²) in [6.07, 6.45) is 2.27. The van der Waals surface area contributed by atoms with Gasteiger partial charge in [0.15, 0.2) is 0 Å². The summed E-state index contributed by atoms with van der Waals surface area (Å²) in [6.45, 7) is 8.68. The van der Waals surface area contributed by atoms with Crippen LogP contribution in [0.25, 0.3) is 0 Å².